The van der Waals surface area contributed by atoms with Gasteiger partial charge in [-0.2, -0.15) is 0 Å². The van der Waals surface area contributed by atoms with Crippen molar-refractivity contribution < 1.29 is 24.2 Å². The van der Waals surface area contributed by atoms with E-state index in [4.69, 9.17) is 4.74 Å². The van der Waals surface area contributed by atoms with Crippen LogP contribution in [-0.4, -0.2) is 51.5 Å². The second-order valence-electron chi connectivity index (χ2n) is 14.3. The van der Waals surface area contributed by atoms with Gasteiger partial charge in [-0.15, -0.1) is 0 Å². The Hall–Kier alpha value is -5.05. The van der Waals surface area contributed by atoms with Gasteiger partial charge in [0.25, 0.3) is 5.91 Å². The molecule has 0 unspecified atom stereocenters. The smallest absolute Gasteiger partial charge is 0.325 e. The van der Waals surface area contributed by atoms with E-state index in [0.29, 0.717) is 11.4 Å². The van der Waals surface area contributed by atoms with Crippen LogP contribution in [0.25, 0.3) is 22.5 Å². The maximum Gasteiger partial charge on any atom is 0.325 e. The minimum Gasteiger partial charge on any atom is -0.494 e. The van der Waals surface area contributed by atoms with Gasteiger partial charge < -0.3 is 20.5 Å². The lowest BCUT2D eigenvalue weighted by atomic mass is 9.86. The molecule has 9 nitrogen and oxygen atoms in total. The third-order valence-electron chi connectivity index (χ3n) is 9.38. The number of aromatic nitrogens is 2. The average molecular weight is 677 g/mol. The molecule has 1 aliphatic rings. The topological polar surface area (TPSA) is 131 Å². The summed E-state index contributed by atoms with van der Waals surface area (Å²) in [7, 11) is 0. The van der Waals surface area contributed by atoms with Crippen molar-refractivity contribution in [3.05, 3.63) is 102 Å². The van der Waals surface area contributed by atoms with Crippen molar-refractivity contribution >= 4 is 17.8 Å². The van der Waals surface area contributed by atoms with Crippen LogP contribution < -0.4 is 15.4 Å². The minimum absolute atomic E-state index is 0.0706. The maximum atomic E-state index is 13.2. The van der Waals surface area contributed by atoms with Crippen LogP contribution in [0.5, 0.6) is 5.75 Å². The van der Waals surface area contributed by atoms with Gasteiger partial charge in [-0.25, -0.2) is 9.97 Å². The number of ether oxygens (including phenoxy) is 1. The Morgan fingerprint density at radius 3 is 2.04 bits per heavy atom. The normalized spacial score (nSPS) is 14.7. The lowest BCUT2D eigenvalue weighted by molar-refractivity contribution is -0.141. The number of rotatable bonds is 13. The second-order valence-corrected chi connectivity index (χ2v) is 14.3. The van der Waals surface area contributed by atoms with E-state index >= 15 is 0 Å². The number of hydrogen-bond acceptors (Lipinski definition) is 6. The van der Waals surface area contributed by atoms with Crippen LogP contribution >= 0.6 is 0 Å². The fraction of sp³-hybridized carbons (Fsp3) is 0.390. The summed E-state index contributed by atoms with van der Waals surface area (Å²) in [6, 6.07) is 20.6. The molecular formula is C41H48N4O5. The molecule has 5 rings (SSSR count). The molecule has 9 heteroatoms. The number of carbonyl (C=O) groups excluding carboxylic acids is 2. The van der Waals surface area contributed by atoms with Crippen molar-refractivity contribution in [2.75, 3.05) is 6.61 Å². The zero-order chi connectivity index (χ0) is 35.7. The van der Waals surface area contributed by atoms with Crippen LogP contribution in [0.3, 0.4) is 0 Å². The van der Waals surface area contributed by atoms with Gasteiger partial charge in [0.15, 0.2) is 5.82 Å². The monoisotopic (exact) mass is 676 g/mol. The van der Waals surface area contributed by atoms with E-state index in [0.717, 1.165) is 52.5 Å². The van der Waals surface area contributed by atoms with Crippen LogP contribution in [-0.2, 0) is 21.4 Å². The Kier molecular flexibility index (Phi) is 12.0. The molecule has 2 amide bonds. The number of hydrogen-bond donors (Lipinski definition) is 3. The fourth-order valence-corrected chi connectivity index (χ4v) is 6.16. The van der Waals surface area contributed by atoms with Crippen molar-refractivity contribution in [2.45, 2.75) is 90.1 Å². The number of aliphatic carboxylic acids is 1. The molecule has 0 radical (unpaired) electrons. The van der Waals surface area contributed by atoms with Crippen LogP contribution in [0.15, 0.2) is 85.2 Å². The Bertz CT molecular complexity index is 1720. The van der Waals surface area contributed by atoms with E-state index in [1.54, 1.807) is 24.5 Å². The van der Waals surface area contributed by atoms with E-state index in [2.05, 4.69) is 41.4 Å². The first-order valence-corrected chi connectivity index (χ1v) is 17.6. The third-order valence-corrected chi connectivity index (χ3v) is 9.38. The standard InChI is InChI=1S/C41H48N4O5/c1-27(40(48)49)44-39(47)36(45-38(46)32-14-18-34(19-15-32)41(2,3)4)24-29-10-12-31(13-11-29)37-42-25-33(26-43-37)30-16-20-35(21-17-30)50-23-22-28-8-6-5-7-9-28/h10-21,25-28,36H,5-9,22-24H2,1-4H3,(H,44,47)(H,45,46)(H,48,49)/t27-,36+/m1/s1. The average Bonchev–Trinajstić information content (AvgIpc) is 3.12. The van der Waals surface area contributed by atoms with Crippen LogP contribution in [0.2, 0.25) is 0 Å². The highest BCUT2D eigenvalue weighted by atomic mass is 16.5. The van der Waals surface area contributed by atoms with Crippen LogP contribution in [0.1, 0.15) is 87.7 Å². The van der Waals surface area contributed by atoms with E-state index in [1.165, 1.54) is 39.0 Å². The molecule has 0 saturated heterocycles. The van der Waals surface area contributed by atoms with E-state index in [9.17, 15) is 19.5 Å². The number of carbonyl (C=O) groups is 3. The lowest BCUT2D eigenvalue weighted by Gasteiger charge is -2.21. The predicted molar refractivity (Wildman–Crippen MR) is 195 cm³/mol. The highest BCUT2D eigenvalue weighted by molar-refractivity contribution is 5.98. The molecule has 50 heavy (non-hydrogen) atoms. The second kappa shape index (κ2) is 16.6. The van der Waals surface area contributed by atoms with Gasteiger partial charge in [0.1, 0.15) is 17.8 Å². The van der Waals surface area contributed by atoms with Crippen molar-refractivity contribution in [2.24, 2.45) is 5.92 Å². The molecule has 2 atom stereocenters. The largest absolute Gasteiger partial charge is 0.494 e. The summed E-state index contributed by atoms with van der Waals surface area (Å²) in [4.78, 5) is 46.9. The summed E-state index contributed by atoms with van der Waals surface area (Å²) < 4.78 is 6.00. The molecule has 4 aromatic rings. The van der Waals surface area contributed by atoms with E-state index in [1.807, 2.05) is 60.7 Å². The highest BCUT2D eigenvalue weighted by Crippen LogP contribution is 2.28. The Morgan fingerprint density at radius 2 is 1.44 bits per heavy atom. The first-order chi connectivity index (χ1) is 24.0. The number of carboxylic acid groups (broad SMARTS) is 1. The molecule has 0 bridgehead atoms. The van der Waals surface area contributed by atoms with Gasteiger partial charge in [0.2, 0.25) is 5.91 Å². The molecule has 1 heterocycles. The SMILES string of the molecule is C[C@@H](NC(=O)[C@H](Cc1ccc(-c2ncc(-c3ccc(OCCC4CCCCC4)cc3)cn2)cc1)NC(=O)c1ccc(C(C)(C)C)cc1)C(=O)O. The van der Waals surface area contributed by atoms with Gasteiger partial charge in [-0.3, -0.25) is 14.4 Å². The van der Waals surface area contributed by atoms with Gasteiger partial charge in [-0.1, -0.05) is 101 Å². The van der Waals surface area contributed by atoms with Gasteiger partial charge in [-0.05, 0) is 65.6 Å². The highest BCUT2D eigenvalue weighted by Gasteiger charge is 2.25. The molecule has 1 aromatic heterocycles. The van der Waals surface area contributed by atoms with Crippen molar-refractivity contribution in [1.82, 2.24) is 20.6 Å². The Balaban J connectivity index is 1.21. The zero-order valence-electron chi connectivity index (χ0n) is 29.4. The number of amides is 2. The summed E-state index contributed by atoms with van der Waals surface area (Å²) >= 11 is 0. The summed E-state index contributed by atoms with van der Waals surface area (Å²) in [6.07, 6.45) is 11.6. The molecule has 3 N–H and O–H groups in total. The summed E-state index contributed by atoms with van der Waals surface area (Å²) in [5, 5.41) is 14.6. The number of benzene rings is 3. The summed E-state index contributed by atoms with van der Waals surface area (Å²) in [5.41, 5.74) is 4.89. The quantitative estimate of drug-likeness (QED) is 0.135. The van der Waals surface area contributed by atoms with E-state index < -0.39 is 29.9 Å². The molecule has 262 valence electrons. The number of nitrogens with zero attached hydrogens (tertiary/aromatic N) is 2. The molecule has 0 aliphatic heterocycles. The minimum atomic E-state index is -1.16. The van der Waals surface area contributed by atoms with Crippen molar-refractivity contribution in [3.63, 3.8) is 0 Å². The maximum absolute atomic E-state index is 13.2. The predicted octanol–water partition coefficient (Wildman–Crippen LogP) is 7.39. The third kappa shape index (κ3) is 10.00. The Morgan fingerprint density at radius 1 is 0.820 bits per heavy atom. The van der Waals surface area contributed by atoms with Gasteiger partial charge in [0, 0.05) is 35.5 Å². The molecule has 3 aromatic carbocycles. The first kappa shape index (κ1) is 36.2. The summed E-state index contributed by atoms with van der Waals surface area (Å²) in [5.74, 6) is 0.0507. The van der Waals surface area contributed by atoms with Crippen LogP contribution in [0, 0.1) is 5.92 Å². The molecular weight excluding hydrogens is 628 g/mol. The Labute approximate surface area is 294 Å². The number of nitrogens with one attached hydrogen (secondary N) is 2. The first-order valence-electron chi connectivity index (χ1n) is 17.6. The lowest BCUT2D eigenvalue weighted by Crippen LogP contribution is -2.51. The van der Waals surface area contributed by atoms with Crippen LogP contribution in [0.4, 0.5) is 0 Å². The van der Waals surface area contributed by atoms with E-state index in [-0.39, 0.29) is 11.8 Å². The van der Waals surface area contributed by atoms with Crippen molar-refractivity contribution in [1.29, 1.82) is 0 Å². The molecule has 1 fully saturated rings. The van der Waals surface area contributed by atoms with Gasteiger partial charge >= 0.3 is 5.97 Å². The zero-order valence-corrected chi connectivity index (χ0v) is 29.4. The summed E-state index contributed by atoms with van der Waals surface area (Å²) in [6.45, 7) is 8.40. The number of carboxylic acids is 1. The van der Waals surface area contributed by atoms with Gasteiger partial charge in [0.05, 0.1) is 6.61 Å². The molecule has 1 aliphatic carbocycles. The van der Waals surface area contributed by atoms with Crippen molar-refractivity contribution in [3.8, 4) is 28.3 Å². The fourth-order valence-electron chi connectivity index (χ4n) is 6.16. The molecule has 0 spiro atoms. The molecule has 1 saturated carbocycles.